The van der Waals surface area contributed by atoms with Gasteiger partial charge in [0.25, 0.3) is 0 Å². The van der Waals surface area contributed by atoms with Crippen LogP contribution in [0.25, 0.3) is 16.7 Å². The van der Waals surface area contributed by atoms with E-state index in [0.29, 0.717) is 0 Å². The zero-order chi connectivity index (χ0) is 17.8. The van der Waals surface area contributed by atoms with Gasteiger partial charge in [-0.25, -0.2) is 0 Å². The summed E-state index contributed by atoms with van der Waals surface area (Å²) in [4.78, 5) is 2.57. The van der Waals surface area contributed by atoms with Crippen LogP contribution in [0.15, 0.2) is 57.5 Å². The second-order valence-corrected chi connectivity index (χ2v) is 8.84. The van der Waals surface area contributed by atoms with E-state index in [1.807, 2.05) is 0 Å². The summed E-state index contributed by atoms with van der Waals surface area (Å²) in [5.41, 5.74) is 5.13. The fourth-order valence-electron chi connectivity index (χ4n) is 3.26. The van der Waals surface area contributed by atoms with Crippen LogP contribution in [0.5, 0.6) is 0 Å². The Balaban J connectivity index is 1.68. The molecular formula is C22H25Br2N. The van der Waals surface area contributed by atoms with Crippen LogP contribution in [0, 0.1) is 5.92 Å². The van der Waals surface area contributed by atoms with Crippen molar-refractivity contribution >= 4 is 37.4 Å². The van der Waals surface area contributed by atoms with E-state index in [-0.39, 0.29) is 0 Å². The number of hydrogen-bond donors (Lipinski definition) is 0. The fraction of sp³-hybridized carbons (Fsp3) is 0.364. The minimum atomic E-state index is 0.895. The van der Waals surface area contributed by atoms with Gasteiger partial charge < -0.3 is 0 Å². The molecule has 1 fully saturated rings. The third-order valence-electron chi connectivity index (χ3n) is 5.11. The molecule has 1 heterocycles. The van der Waals surface area contributed by atoms with E-state index in [0.717, 1.165) is 21.4 Å². The first kappa shape index (κ1) is 18.9. The van der Waals surface area contributed by atoms with Gasteiger partial charge in [0.05, 0.1) is 0 Å². The summed E-state index contributed by atoms with van der Waals surface area (Å²) in [5, 5.41) is 0. The van der Waals surface area contributed by atoms with Gasteiger partial charge in [0.2, 0.25) is 0 Å². The first-order chi connectivity index (χ1) is 12.0. The van der Waals surface area contributed by atoms with E-state index in [2.05, 4.69) is 99.1 Å². The van der Waals surface area contributed by atoms with Crippen molar-refractivity contribution in [3.8, 4) is 11.1 Å². The Kier molecular flexibility index (Phi) is 6.54. The predicted molar refractivity (Wildman–Crippen MR) is 116 cm³/mol. The lowest BCUT2D eigenvalue weighted by molar-refractivity contribution is 0.210. The van der Waals surface area contributed by atoms with Crippen LogP contribution in [0.4, 0.5) is 0 Å². The van der Waals surface area contributed by atoms with E-state index >= 15 is 0 Å². The minimum absolute atomic E-state index is 0.895. The molecule has 0 aliphatic carbocycles. The highest BCUT2D eigenvalue weighted by atomic mass is 79.9. The van der Waals surface area contributed by atoms with Crippen LogP contribution in [0.1, 0.15) is 32.3 Å². The maximum Gasteiger partial charge on any atom is 0.0264 e. The Morgan fingerprint density at radius 3 is 2.40 bits per heavy atom. The first-order valence-corrected chi connectivity index (χ1v) is 10.6. The molecule has 0 aromatic heterocycles. The Hall–Kier alpha value is -0.900. The van der Waals surface area contributed by atoms with Gasteiger partial charge in [0.1, 0.15) is 0 Å². The Morgan fingerprint density at radius 2 is 1.76 bits per heavy atom. The van der Waals surface area contributed by atoms with Gasteiger partial charge in [0.15, 0.2) is 0 Å². The predicted octanol–water partition coefficient (Wildman–Crippen LogP) is 7.01. The summed E-state index contributed by atoms with van der Waals surface area (Å²) in [6, 6.07) is 15.2. The van der Waals surface area contributed by atoms with Gasteiger partial charge in [0, 0.05) is 15.5 Å². The molecule has 0 unspecified atom stereocenters. The smallest absolute Gasteiger partial charge is 0.0264 e. The van der Waals surface area contributed by atoms with Crippen molar-refractivity contribution in [1.82, 2.24) is 4.90 Å². The molecule has 132 valence electrons. The van der Waals surface area contributed by atoms with E-state index in [1.54, 1.807) is 0 Å². The van der Waals surface area contributed by atoms with Crippen molar-refractivity contribution in [3.05, 3.63) is 63.0 Å². The molecule has 0 bridgehead atoms. The Morgan fingerprint density at radius 1 is 1.08 bits per heavy atom. The van der Waals surface area contributed by atoms with Crippen molar-refractivity contribution in [1.29, 1.82) is 0 Å². The molecule has 0 N–H and O–H groups in total. The molecule has 3 heteroatoms. The number of nitrogens with zero attached hydrogens (tertiary/aromatic N) is 1. The Labute approximate surface area is 168 Å². The second kappa shape index (κ2) is 8.66. The number of likely N-dealkylation sites (tertiary alicyclic amines) is 1. The minimum Gasteiger partial charge on any atom is -0.300 e. The molecule has 3 rings (SSSR count). The maximum absolute atomic E-state index is 3.66. The first-order valence-electron chi connectivity index (χ1n) is 8.98. The van der Waals surface area contributed by atoms with Crippen molar-refractivity contribution in [2.24, 2.45) is 5.92 Å². The molecule has 1 aliphatic rings. The Bertz CT molecular complexity index is 741. The summed E-state index contributed by atoms with van der Waals surface area (Å²) >= 11 is 7.17. The molecule has 0 radical (unpaired) electrons. The van der Waals surface area contributed by atoms with Gasteiger partial charge >= 0.3 is 0 Å². The van der Waals surface area contributed by atoms with Crippen LogP contribution in [0.3, 0.4) is 0 Å². The molecule has 2 aromatic rings. The van der Waals surface area contributed by atoms with Crippen LogP contribution in [0.2, 0.25) is 0 Å². The highest BCUT2D eigenvalue weighted by molar-refractivity contribution is 9.11. The third-order valence-corrected chi connectivity index (χ3v) is 6.26. The van der Waals surface area contributed by atoms with Crippen molar-refractivity contribution < 1.29 is 0 Å². The highest BCUT2D eigenvalue weighted by Gasteiger charge is 2.14. The lowest BCUT2D eigenvalue weighted by Crippen LogP contribution is -2.32. The summed E-state index contributed by atoms with van der Waals surface area (Å²) in [7, 11) is 0. The monoisotopic (exact) mass is 461 g/mol. The van der Waals surface area contributed by atoms with E-state index < -0.39 is 0 Å². The average molecular weight is 463 g/mol. The number of allylic oxidation sites excluding steroid dienone is 1. The van der Waals surface area contributed by atoms with Crippen LogP contribution in [-0.2, 0) is 0 Å². The van der Waals surface area contributed by atoms with Gasteiger partial charge in [-0.3, -0.25) is 4.90 Å². The quantitative estimate of drug-likeness (QED) is 0.472. The second-order valence-electron chi connectivity index (χ2n) is 7.07. The van der Waals surface area contributed by atoms with Gasteiger partial charge in [-0.15, -0.1) is 0 Å². The zero-order valence-corrected chi connectivity index (χ0v) is 18.1. The number of benzene rings is 2. The molecule has 0 amide bonds. The van der Waals surface area contributed by atoms with Crippen molar-refractivity contribution in [3.63, 3.8) is 0 Å². The average Bonchev–Trinajstić information content (AvgIpc) is 2.61. The zero-order valence-electron chi connectivity index (χ0n) is 14.9. The number of hydrogen-bond acceptors (Lipinski definition) is 1. The molecular weight excluding hydrogens is 438 g/mol. The summed E-state index contributed by atoms with van der Waals surface area (Å²) in [6.07, 6.45) is 5.05. The lowest BCUT2D eigenvalue weighted by Gasteiger charge is -2.29. The van der Waals surface area contributed by atoms with Crippen LogP contribution < -0.4 is 0 Å². The molecule has 0 saturated carbocycles. The van der Waals surface area contributed by atoms with E-state index in [9.17, 15) is 0 Å². The molecule has 0 spiro atoms. The largest absolute Gasteiger partial charge is 0.300 e. The lowest BCUT2D eigenvalue weighted by atomic mass is 9.98. The topological polar surface area (TPSA) is 3.24 Å². The highest BCUT2D eigenvalue weighted by Crippen LogP contribution is 2.31. The molecule has 1 saturated heterocycles. The summed E-state index contributed by atoms with van der Waals surface area (Å²) < 4.78 is 2.20. The van der Waals surface area contributed by atoms with E-state index in [1.165, 1.54) is 48.2 Å². The fourth-order valence-corrected chi connectivity index (χ4v) is 4.54. The molecule has 25 heavy (non-hydrogen) atoms. The standard InChI is InChI=1S/C22H25Br2N/c1-16-9-12-25(13-10-16)14-11-17(2)18-3-5-19(6-4-18)21-8-7-20(23)15-22(21)24/h3-8,11,15-16H,9-10,12-14H2,1-2H3. The van der Waals surface area contributed by atoms with E-state index in [4.69, 9.17) is 0 Å². The van der Waals surface area contributed by atoms with Gasteiger partial charge in [-0.2, -0.15) is 0 Å². The van der Waals surface area contributed by atoms with Crippen molar-refractivity contribution in [2.45, 2.75) is 26.7 Å². The summed E-state index contributed by atoms with van der Waals surface area (Å²) in [5.74, 6) is 0.895. The number of piperidine rings is 1. The normalized spacial score (nSPS) is 17.0. The van der Waals surface area contributed by atoms with Gasteiger partial charge in [-0.05, 0) is 73.2 Å². The molecule has 1 aliphatic heterocycles. The van der Waals surface area contributed by atoms with Crippen molar-refractivity contribution in [2.75, 3.05) is 19.6 Å². The SMILES string of the molecule is CC(=CCN1CCC(C)CC1)c1ccc(-c2ccc(Br)cc2Br)cc1. The number of rotatable bonds is 4. The molecule has 1 nitrogen and oxygen atoms in total. The third kappa shape index (κ3) is 5.06. The molecule has 0 atom stereocenters. The van der Waals surface area contributed by atoms with Crippen LogP contribution in [-0.4, -0.2) is 24.5 Å². The van der Waals surface area contributed by atoms with Gasteiger partial charge in [-0.1, -0.05) is 75.2 Å². The summed E-state index contributed by atoms with van der Waals surface area (Å²) in [6.45, 7) is 8.13. The number of halogens is 2. The molecule has 2 aromatic carbocycles. The van der Waals surface area contributed by atoms with Crippen LogP contribution >= 0.6 is 31.9 Å². The maximum atomic E-state index is 3.66.